The van der Waals surface area contributed by atoms with Crippen LogP contribution in [0.25, 0.3) is 0 Å². The first-order valence-electron chi connectivity index (χ1n) is 4.45. The van der Waals surface area contributed by atoms with E-state index in [2.05, 4.69) is 15.2 Å². The maximum absolute atomic E-state index is 12.0. The summed E-state index contributed by atoms with van der Waals surface area (Å²) in [5, 5.41) is 8.02. The van der Waals surface area contributed by atoms with Gasteiger partial charge in [-0.05, 0) is 11.4 Å². The summed E-state index contributed by atoms with van der Waals surface area (Å²) in [6, 6.07) is 3.29. The number of aromatic nitrogens is 3. The lowest BCUT2D eigenvalue weighted by molar-refractivity contribution is 0.459. The molecule has 0 spiro atoms. The highest BCUT2D eigenvalue weighted by Gasteiger charge is 2.22. The van der Waals surface area contributed by atoms with Crippen molar-refractivity contribution in [3.8, 4) is 0 Å². The molecule has 0 bridgehead atoms. The fourth-order valence-corrected chi connectivity index (χ4v) is 3.50. The third-order valence-corrected chi connectivity index (χ3v) is 5.17. The van der Waals surface area contributed by atoms with E-state index in [9.17, 15) is 8.42 Å². The van der Waals surface area contributed by atoms with Crippen LogP contribution in [0.4, 0.5) is 0 Å². The van der Waals surface area contributed by atoms with Crippen LogP contribution in [0.1, 0.15) is 5.82 Å². The van der Waals surface area contributed by atoms with Crippen LogP contribution in [0.2, 0.25) is 0 Å². The fraction of sp³-hybridized carbons (Fsp3) is 0.250. The van der Waals surface area contributed by atoms with Gasteiger partial charge in [0.15, 0.2) is 0 Å². The molecule has 0 saturated carbocycles. The number of rotatable bonds is 4. The monoisotopic (exact) mass is 258 g/mol. The van der Waals surface area contributed by atoms with Crippen molar-refractivity contribution in [3.63, 3.8) is 0 Å². The van der Waals surface area contributed by atoms with E-state index in [-0.39, 0.29) is 6.54 Å². The molecule has 0 radical (unpaired) electrons. The van der Waals surface area contributed by atoms with Crippen molar-refractivity contribution in [2.75, 3.05) is 7.05 Å². The fourth-order valence-electron chi connectivity index (χ4n) is 1.17. The highest BCUT2D eigenvalue weighted by Crippen LogP contribution is 2.20. The summed E-state index contributed by atoms with van der Waals surface area (Å²) >= 11 is 1.19. The molecule has 86 valence electrons. The third-order valence-electron chi connectivity index (χ3n) is 2.00. The zero-order valence-corrected chi connectivity index (χ0v) is 10.1. The summed E-state index contributed by atoms with van der Waals surface area (Å²) in [5.74, 6) is 0.516. The van der Waals surface area contributed by atoms with E-state index < -0.39 is 10.0 Å². The summed E-state index contributed by atoms with van der Waals surface area (Å²) in [4.78, 5) is 3.88. The quantitative estimate of drug-likeness (QED) is 0.875. The Bertz CT molecular complexity index is 533. The van der Waals surface area contributed by atoms with Crippen molar-refractivity contribution in [3.05, 3.63) is 29.7 Å². The molecule has 0 amide bonds. The van der Waals surface area contributed by atoms with Gasteiger partial charge in [-0.3, -0.25) is 5.10 Å². The molecule has 1 N–H and O–H groups in total. The number of H-pyrrole nitrogens is 1. The molecule has 8 heteroatoms. The van der Waals surface area contributed by atoms with Crippen LogP contribution >= 0.6 is 11.3 Å². The summed E-state index contributed by atoms with van der Waals surface area (Å²) < 4.78 is 25.6. The lowest BCUT2D eigenvalue weighted by Crippen LogP contribution is -2.26. The highest BCUT2D eigenvalue weighted by molar-refractivity contribution is 7.91. The first-order chi connectivity index (χ1) is 7.60. The van der Waals surface area contributed by atoms with Gasteiger partial charge in [-0.1, -0.05) is 6.07 Å². The molecule has 2 aromatic rings. The van der Waals surface area contributed by atoms with Crippen molar-refractivity contribution in [1.82, 2.24) is 19.5 Å². The standard InChI is InChI=1S/C8H10N4O2S2/c1-12(5-7-9-6-10-11-7)16(13,14)8-3-2-4-15-8/h2-4,6H,5H2,1H3,(H,9,10,11). The minimum atomic E-state index is -3.41. The van der Waals surface area contributed by atoms with Gasteiger partial charge in [-0.25, -0.2) is 13.4 Å². The van der Waals surface area contributed by atoms with Crippen molar-refractivity contribution in [1.29, 1.82) is 0 Å². The molecule has 0 aliphatic rings. The van der Waals surface area contributed by atoms with Crippen LogP contribution in [0.3, 0.4) is 0 Å². The SMILES string of the molecule is CN(Cc1ncn[nH]1)S(=O)(=O)c1cccs1. The Morgan fingerprint density at radius 1 is 1.56 bits per heavy atom. The molecular formula is C8H10N4O2S2. The summed E-state index contributed by atoms with van der Waals surface area (Å²) in [6.07, 6.45) is 1.35. The Morgan fingerprint density at radius 3 is 2.94 bits per heavy atom. The Balaban J connectivity index is 2.19. The lowest BCUT2D eigenvalue weighted by atomic mass is 10.6. The van der Waals surface area contributed by atoms with Gasteiger partial charge >= 0.3 is 0 Å². The second-order valence-electron chi connectivity index (χ2n) is 3.13. The van der Waals surface area contributed by atoms with Crippen molar-refractivity contribution in [2.24, 2.45) is 0 Å². The van der Waals surface area contributed by atoms with Crippen LogP contribution in [0, 0.1) is 0 Å². The molecule has 0 atom stereocenters. The largest absolute Gasteiger partial charge is 0.262 e. The van der Waals surface area contributed by atoms with E-state index >= 15 is 0 Å². The zero-order valence-electron chi connectivity index (χ0n) is 8.49. The number of hydrogen-bond donors (Lipinski definition) is 1. The van der Waals surface area contributed by atoms with Crippen molar-refractivity contribution in [2.45, 2.75) is 10.8 Å². The summed E-state index contributed by atoms with van der Waals surface area (Å²) in [6.45, 7) is 0.181. The van der Waals surface area contributed by atoms with Gasteiger partial charge in [-0.15, -0.1) is 11.3 Å². The minimum Gasteiger partial charge on any atom is -0.262 e. The van der Waals surface area contributed by atoms with E-state index in [1.54, 1.807) is 17.5 Å². The predicted octanol–water partition coefficient (Wildman–Crippen LogP) is 0.687. The lowest BCUT2D eigenvalue weighted by Gasteiger charge is -2.13. The van der Waals surface area contributed by atoms with E-state index in [0.717, 1.165) is 0 Å². The maximum Gasteiger partial charge on any atom is 0.252 e. The molecule has 0 aromatic carbocycles. The Labute approximate surface area is 97.0 Å². The van der Waals surface area contributed by atoms with Gasteiger partial charge in [0.05, 0.1) is 6.54 Å². The number of sulfonamides is 1. The number of aromatic amines is 1. The van der Waals surface area contributed by atoms with Gasteiger partial charge in [0.25, 0.3) is 10.0 Å². The maximum atomic E-state index is 12.0. The highest BCUT2D eigenvalue weighted by atomic mass is 32.2. The molecular weight excluding hydrogens is 248 g/mol. The molecule has 2 heterocycles. The minimum absolute atomic E-state index is 0.181. The van der Waals surface area contributed by atoms with Crippen LogP contribution in [0.15, 0.2) is 28.0 Å². The van der Waals surface area contributed by atoms with Gasteiger partial charge in [0, 0.05) is 7.05 Å². The molecule has 0 saturated heterocycles. The molecule has 2 rings (SSSR count). The Hall–Kier alpha value is -1.25. The summed E-state index contributed by atoms with van der Waals surface area (Å²) in [7, 11) is -1.90. The zero-order chi connectivity index (χ0) is 11.6. The van der Waals surface area contributed by atoms with E-state index in [0.29, 0.717) is 10.0 Å². The van der Waals surface area contributed by atoms with Gasteiger partial charge < -0.3 is 0 Å². The first-order valence-corrected chi connectivity index (χ1v) is 6.77. The van der Waals surface area contributed by atoms with Crippen LogP contribution < -0.4 is 0 Å². The van der Waals surface area contributed by atoms with Gasteiger partial charge in [0.2, 0.25) is 0 Å². The predicted molar refractivity (Wildman–Crippen MR) is 59.4 cm³/mol. The van der Waals surface area contributed by atoms with Crippen LogP contribution in [0.5, 0.6) is 0 Å². The first kappa shape index (κ1) is 11.2. The average Bonchev–Trinajstić information content (AvgIpc) is 2.89. The van der Waals surface area contributed by atoms with E-state index in [1.165, 1.54) is 29.0 Å². The summed E-state index contributed by atoms with van der Waals surface area (Å²) in [5.41, 5.74) is 0. The number of thiophene rings is 1. The molecule has 0 unspecified atom stereocenters. The van der Waals surface area contributed by atoms with E-state index in [1.807, 2.05) is 0 Å². The second-order valence-corrected chi connectivity index (χ2v) is 6.34. The van der Waals surface area contributed by atoms with Crippen LogP contribution in [-0.4, -0.2) is 35.0 Å². The molecule has 0 fully saturated rings. The van der Waals surface area contributed by atoms with Gasteiger partial charge in [-0.2, -0.15) is 9.40 Å². The normalized spacial score (nSPS) is 12.1. The molecule has 0 aliphatic heterocycles. The van der Waals surface area contributed by atoms with Crippen molar-refractivity contribution >= 4 is 21.4 Å². The third kappa shape index (κ3) is 2.13. The molecule has 6 nitrogen and oxygen atoms in total. The Kier molecular flexibility index (Phi) is 3.03. The number of nitrogens with one attached hydrogen (secondary N) is 1. The molecule has 16 heavy (non-hydrogen) atoms. The second kappa shape index (κ2) is 4.32. The van der Waals surface area contributed by atoms with Crippen molar-refractivity contribution < 1.29 is 8.42 Å². The molecule has 0 aliphatic carbocycles. The molecule has 2 aromatic heterocycles. The Morgan fingerprint density at radius 2 is 2.38 bits per heavy atom. The van der Waals surface area contributed by atoms with E-state index in [4.69, 9.17) is 0 Å². The number of nitrogens with zero attached hydrogens (tertiary/aromatic N) is 3. The number of hydrogen-bond acceptors (Lipinski definition) is 5. The topological polar surface area (TPSA) is 79.0 Å². The van der Waals surface area contributed by atoms with Crippen LogP contribution in [-0.2, 0) is 16.6 Å². The average molecular weight is 258 g/mol. The van der Waals surface area contributed by atoms with Gasteiger partial charge in [0.1, 0.15) is 16.4 Å². The smallest absolute Gasteiger partial charge is 0.252 e.